The van der Waals surface area contributed by atoms with Crippen LogP contribution in [0.2, 0.25) is 0 Å². The van der Waals surface area contributed by atoms with E-state index in [9.17, 15) is 0 Å². The first-order valence-corrected chi connectivity index (χ1v) is 14.4. The molecule has 0 bridgehead atoms. The smallest absolute Gasteiger partial charge is 0.0466 e. The first kappa shape index (κ1) is 29.1. The summed E-state index contributed by atoms with van der Waals surface area (Å²) >= 11 is 0. The van der Waals surface area contributed by atoms with E-state index < -0.39 is 0 Å². The Balaban J connectivity index is 0.000000166. The first-order valence-electron chi connectivity index (χ1n) is 14.4. The molecule has 1 aromatic heterocycles. The summed E-state index contributed by atoms with van der Waals surface area (Å²) in [6, 6.07) is 56.4. The number of aromatic nitrogens is 1. The fraction of sp³-hybridized carbons (Fsp3) is 0. The maximum atomic E-state index is 4.74. The molecule has 0 fully saturated rings. The standard InChI is InChI=1S/C24H17N2.C15H13N2.Au/c1-3-9-18(10-4-1)26(19-11-5-2-6-12-19)20-15-16-24-22(17-20)21-13-7-8-14-23(21)25-24;1-3-7-14(8-4-1)16-11-12-17(13-16)15-9-5-2-6-10-15;/h1-17H;1-13H;/q2*-1;. The molecular formula is C39H30AuN4-2. The number of rotatable bonds is 5. The molecule has 1 aliphatic heterocycles. The van der Waals surface area contributed by atoms with Gasteiger partial charge >= 0.3 is 0 Å². The van der Waals surface area contributed by atoms with E-state index >= 15 is 0 Å². The van der Waals surface area contributed by atoms with Gasteiger partial charge in [0.25, 0.3) is 0 Å². The minimum absolute atomic E-state index is 0. The normalized spacial score (nSPS) is 12.1. The molecule has 0 N–H and O–H groups in total. The number of para-hydroxylation sites is 5. The van der Waals surface area contributed by atoms with Gasteiger partial charge in [-0.1, -0.05) is 103 Å². The molecule has 8 rings (SSSR count). The molecule has 7 aromatic rings. The molecule has 0 amide bonds. The van der Waals surface area contributed by atoms with Gasteiger partial charge < -0.3 is 19.7 Å². The Kier molecular flexibility index (Phi) is 8.95. The van der Waals surface area contributed by atoms with Crippen LogP contribution in [0.1, 0.15) is 0 Å². The maximum Gasteiger partial charge on any atom is 0.0466 e. The summed E-state index contributed by atoms with van der Waals surface area (Å²) in [6.07, 6.45) is 4.12. The third-order valence-electron chi connectivity index (χ3n) is 7.45. The van der Waals surface area contributed by atoms with Crippen LogP contribution < -0.4 is 19.7 Å². The van der Waals surface area contributed by atoms with Crippen molar-refractivity contribution in [1.29, 1.82) is 0 Å². The summed E-state index contributed by atoms with van der Waals surface area (Å²) < 4.78 is 0. The number of anilines is 5. The molecule has 0 saturated carbocycles. The van der Waals surface area contributed by atoms with Crippen molar-refractivity contribution >= 4 is 50.2 Å². The van der Waals surface area contributed by atoms with E-state index in [4.69, 9.17) is 4.98 Å². The Morgan fingerprint density at radius 1 is 0.432 bits per heavy atom. The van der Waals surface area contributed by atoms with Gasteiger partial charge in [0, 0.05) is 50.8 Å². The molecule has 0 saturated heterocycles. The van der Waals surface area contributed by atoms with Gasteiger partial charge in [-0.2, -0.15) is 0 Å². The van der Waals surface area contributed by atoms with E-state index in [0.717, 1.165) is 28.1 Å². The Morgan fingerprint density at radius 3 is 1.43 bits per heavy atom. The number of nitrogens with zero attached hydrogens (tertiary/aromatic N) is 4. The van der Waals surface area contributed by atoms with Gasteiger partial charge in [-0.05, 0) is 83.8 Å². The molecule has 1 aliphatic rings. The van der Waals surface area contributed by atoms with Gasteiger partial charge in [-0.3, -0.25) is 0 Å². The first-order chi connectivity index (χ1) is 21.3. The van der Waals surface area contributed by atoms with Gasteiger partial charge in [0.15, 0.2) is 0 Å². The monoisotopic (exact) mass is 751 g/mol. The number of fused-ring (bicyclic) bond motifs is 3. The Bertz CT molecular complexity index is 1870. The van der Waals surface area contributed by atoms with Crippen LogP contribution in [-0.4, -0.2) is 0 Å². The van der Waals surface area contributed by atoms with Crippen molar-refractivity contribution in [2.24, 2.45) is 0 Å². The minimum Gasteiger partial charge on any atom is -0.657 e. The van der Waals surface area contributed by atoms with E-state index in [1.807, 2.05) is 54.6 Å². The molecule has 0 unspecified atom stereocenters. The summed E-state index contributed by atoms with van der Waals surface area (Å²) in [6.45, 7) is 2.07. The minimum atomic E-state index is 0. The second-order valence-electron chi connectivity index (χ2n) is 10.2. The third kappa shape index (κ3) is 6.19. The Labute approximate surface area is 274 Å². The summed E-state index contributed by atoms with van der Waals surface area (Å²) in [5.41, 5.74) is 7.84. The fourth-order valence-electron chi connectivity index (χ4n) is 5.37. The third-order valence-corrected chi connectivity index (χ3v) is 7.45. The van der Waals surface area contributed by atoms with E-state index in [-0.39, 0.29) is 22.4 Å². The van der Waals surface area contributed by atoms with Crippen LogP contribution in [0.3, 0.4) is 0 Å². The molecule has 44 heavy (non-hydrogen) atoms. The summed E-state index contributed by atoms with van der Waals surface area (Å²) in [7, 11) is 0. The Morgan fingerprint density at radius 2 is 0.886 bits per heavy atom. The largest absolute Gasteiger partial charge is 0.657 e. The maximum absolute atomic E-state index is 4.74. The van der Waals surface area contributed by atoms with Crippen LogP contribution in [0.15, 0.2) is 176 Å². The van der Waals surface area contributed by atoms with Crippen LogP contribution in [0.5, 0.6) is 0 Å². The molecular weight excluding hydrogens is 721 g/mol. The second-order valence-corrected chi connectivity index (χ2v) is 10.2. The quantitative estimate of drug-likeness (QED) is 0.129. The number of benzene rings is 6. The zero-order valence-corrected chi connectivity index (χ0v) is 26.1. The van der Waals surface area contributed by atoms with Crippen LogP contribution in [-0.2, 0) is 22.4 Å². The molecule has 219 valence electrons. The van der Waals surface area contributed by atoms with Crippen molar-refractivity contribution < 1.29 is 22.4 Å². The molecule has 5 heteroatoms. The second kappa shape index (κ2) is 13.5. The number of hydrogen-bond acceptors (Lipinski definition) is 3. The fourth-order valence-corrected chi connectivity index (χ4v) is 5.37. The average Bonchev–Trinajstić information content (AvgIpc) is 3.73. The van der Waals surface area contributed by atoms with Crippen molar-refractivity contribution in [1.82, 2.24) is 4.98 Å². The molecule has 1 radical (unpaired) electrons. The van der Waals surface area contributed by atoms with E-state index in [0.29, 0.717) is 0 Å². The van der Waals surface area contributed by atoms with Crippen molar-refractivity contribution in [3.63, 3.8) is 0 Å². The summed E-state index contributed by atoms with van der Waals surface area (Å²) in [5.74, 6) is 0. The molecule has 2 heterocycles. The SMILES string of the molecule is C1=CN(c2ccccc2)[CH-]N1c1ccccc1.[Au].c1ccc(N(c2ccccc2)c2ccc3[n-]c4ccccc4c3c2)cc1. The summed E-state index contributed by atoms with van der Waals surface area (Å²) in [4.78, 5) is 11.2. The number of hydrogen-bond donors (Lipinski definition) is 0. The van der Waals surface area contributed by atoms with Crippen LogP contribution in [0.4, 0.5) is 28.4 Å². The van der Waals surface area contributed by atoms with Crippen LogP contribution >= 0.6 is 0 Å². The molecule has 0 spiro atoms. The van der Waals surface area contributed by atoms with Gasteiger partial charge in [0.05, 0.1) is 0 Å². The predicted molar refractivity (Wildman–Crippen MR) is 181 cm³/mol. The van der Waals surface area contributed by atoms with Crippen LogP contribution in [0.25, 0.3) is 21.8 Å². The Hall–Kier alpha value is -5.00. The summed E-state index contributed by atoms with van der Waals surface area (Å²) in [5, 5.41) is 2.39. The van der Waals surface area contributed by atoms with Crippen molar-refractivity contribution in [3.8, 4) is 0 Å². The molecule has 0 aliphatic carbocycles. The van der Waals surface area contributed by atoms with E-state index in [2.05, 4.69) is 143 Å². The van der Waals surface area contributed by atoms with Gasteiger partial charge in [0.2, 0.25) is 0 Å². The van der Waals surface area contributed by atoms with Crippen LogP contribution in [0, 0.1) is 6.67 Å². The van der Waals surface area contributed by atoms with Crippen molar-refractivity contribution in [2.75, 3.05) is 14.7 Å². The van der Waals surface area contributed by atoms with E-state index in [1.54, 1.807) is 0 Å². The average molecular weight is 752 g/mol. The molecule has 0 atom stereocenters. The molecule has 6 aromatic carbocycles. The van der Waals surface area contributed by atoms with Gasteiger partial charge in [-0.15, -0.1) is 17.7 Å². The van der Waals surface area contributed by atoms with Crippen molar-refractivity contribution in [3.05, 3.63) is 183 Å². The van der Waals surface area contributed by atoms with Gasteiger partial charge in [0.1, 0.15) is 0 Å². The predicted octanol–water partition coefficient (Wildman–Crippen LogP) is 10.0. The zero-order valence-electron chi connectivity index (χ0n) is 23.9. The topological polar surface area (TPSA) is 23.8 Å². The zero-order chi connectivity index (χ0) is 28.8. The van der Waals surface area contributed by atoms with E-state index in [1.165, 1.54) is 22.1 Å². The molecule has 4 nitrogen and oxygen atoms in total. The van der Waals surface area contributed by atoms with Gasteiger partial charge in [-0.25, -0.2) is 0 Å². The van der Waals surface area contributed by atoms with Crippen molar-refractivity contribution in [2.45, 2.75) is 0 Å².